The van der Waals surface area contributed by atoms with Crippen LogP contribution >= 0.6 is 24.0 Å². The molecular formula is C17H23IN6O. The number of nitrogens with zero attached hydrogens (tertiary/aromatic N) is 4. The fourth-order valence-electron chi connectivity index (χ4n) is 3.50. The van der Waals surface area contributed by atoms with Crippen LogP contribution in [0.4, 0.5) is 0 Å². The van der Waals surface area contributed by atoms with Crippen LogP contribution in [0.25, 0.3) is 5.69 Å². The van der Waals surface area contributed by atoms with Crippen LogP contribution in [0.2, 0.25) is 0 Å². The van der Waals surface area contributed by atoms with E-state index in [1.54, 1.807) is 18.1 Å². The van der Waals surface area contributed by atoms with E-state index in [9.17, 15) is 0 Å². The van der Waals surface area contributed by atoms with Crippen molar-refractivity contribution < 1.29 is 4.74 Å². The molecule has 8 heteroatoms. The number of hydrogen-bond donors (Lipinski definition) is 2. The Bertz CT molecular complexity index is 720. The van der Waals surface area contributed by atoms with Crippen LogP contribution in [0.5, 0.6) is 0 Å². The molecule has 0 spiro atoms. The average Bonchev–Trinajstić information content (AvgIpc) is 3.36. The van der Waals surface area contributed by atoms with Gasteiger partial charge in [0, 0.05) is 13.6 Å². The van der Waals surface area contributed by atoms with Crippen molar-refractivity contribution in [1.82, 2.24) is 25.4 Å². The van der Waals surface area contributed by atoms with Crippen LogP contribution in [-0.2, 0) is 11.3 Å². The van der Waals surface area contributed by atoms with Crippen molar-refractivity contribution in [2.45, 2.75) is 44.1 Å². The Morgan fingerprint density at radius 3 is 3.00 bits per heavy atom. The standard InChI is InChI=1S/C17H22N6O.HI/c1-18-17(22-15-8-14-5-6-16(15)24-14)20-9-12-3-2-4-13(7-12)23-11-19-10-21-23;/h2-4,7,10-11,14-16H,5-6,8-9H2,1H3,(H2,18,20,22);1H. The molecule has 3 atom stereocenters. The number of fused-ring (bicyclic) bond motifs is 2. The SMILES string of the molecule is CN=C(NCc1cccc(-n2cncn2)c1)NC1CC2CCC1O2.I. The third kappa shape index (κ3) is 4.12. The molecule has 3 unspecified atom stereocenters. The fourth-order valence-corrected chi connectivity index (χ4v) is 3.50. The van der Waals surface area contributed by atoms with Crippen LogP contribution < -0.4 is 10.6 Å². The first kappa shape index (κ1) is 18.1. The van der Waals surface area contributed by atoms with Crippen molar-refractivity contribution in [3.63, 3.8) is 0 Å². The molecule has 2 fully saturated rings. The molecular weight excluding hydrogens is 431 g/mol. The Morgan fingerprint density at radius 2 is 2.32 bits per heavy atom. The first-order valence-electron chi connectivity index (χ1n) is 8.38. The summed E-state index contributed by atoms with van der Waals surface area (Å²) in [5, 5.41) is 11.0. The molecule has 2 aliphatic heterocycles. The first-order chi connectivity index (χ1) is 11.8. The Kier molecular flexibility index (Phi) is 5.89. The van der Waals surface area contributed by atoms with Crippen molar-refractivity contribution in [2.24, 2.45) is 4.99 Å². The molecule has 2 saturated heterocycles. The molecule has 2 bridgehead atoms. The third-order valence-electron chi connectivity index (χ3n) is 4.71. The molecule has 0 amide bonds. The normalized spacial score (nSPS) is 24.8. The predicted octanol–water partition coefficient (Wildman–Crippen LogP) is 1.87. The van der Waals surface area contributed by atoms with Gasteiger partial charge in [0.1, 0.15) is 12.7 Å². The number of ether oxygens (including phenoxy) is 1. The van der Waals surface area contributed by atoms with Gasteiger partial charge in [0.2, 0.25) is 0 Å². The number of nitrogens with one attached hydrogen (secondary N) is 2. The van der Waals surface area contributed by atoms with Gasteiger partial charge in [0.25, 0.3) is 0 Å². The lowest BCUT2D eigenvalue weighted by atomic mass is 9.96. The van der Waals surface area contributed by atoms with Gasteiger partial charge in [-0.1, -0.05) is 12.1 Å². The number of aromatic nitrogens is 3. The summed E-state index contributed by atoms with van der Waals surface area (Å²) in [6, 6.07) is 8.58. The smallest absolute Gasteiger partial charge is 0.191 e. The minimum atomic E-state index is 0. The van der Waals surface area contributed by atoms with Crippen LogP contribution in [-0.4, -0.2) is 46.0 Å². The number of aliphatic imine (C=N–C) groups is 1. The first-order valence-corrected chi connectivity index (χ1v) is 8.38. The van der Waals surface area contributed by atoms with Gasteiger partial charge in [-0.25, -0.2) is 9.67 Å². The summed E-state index contributed by atoms with van der Waals surface area (Å²) in [6.07, 6.45) is 7.43. The molecule has 3 heterocycles. The summed E-state index contributed by atoms with van der Waals surface area (Å²) in [5.41, 5.74) is 2.16. The summed E-state index contributed by atoms with van der Waals surface area (Å²) in [4.78, 5) is 8.32. The fraction of sp³-hybridized carbons (Fsp3) is 0.471. The molecule has 1 aromatic carbocycles. The summed E-state index contributed by atoms with van der Waals surface area (Å²) in [7, 11) is 1.80. The van der Waals surface area contributed by atoms with E-state index in [1.165, 1.54) is 12.7 Å². The Morgan fingerprint density at radius 1 is 1.40 bits per heavy atom. The van der Waals surface area contributed by atoms with E-state index < -0.39 is 0 Å². The lowest BCUT2D eigenvalue weighted by Crippen LogP contribution is -2.47. The highest BCUT2D eigenvalue weighted by atomic mass is 127. The zero-order chi connectivity index (χ0) is 16.4. The van der Waals surface area contributed by atoms with Gasteiger partial charge in [-0.2, -0.15) is 5.10 Å². The minimum absolute atomic E-state index is 0. The highest BCUT2D eigenvalue weighted by Gasteiger charge is 2.41. The molecule has 7 nitrogen and oxygen atoms in total. The van der Waals surface area contributed by atoms with Gasteiger partial charge >= 0.3 is 0 Å². The zero-order valence-corrected chi connectivity index (χ0v) is 16.5. The van der Waals surface area contributed by atoms with E-state index in [2.05, 4.69) is 37.8 Å². The molecule has 134 valence electrons. The Labute approximate surface area is 164 Å². The number of benzene rings is 1. The summed E-state index contributed by atoms with van der Waals surface area (Å²) >= 11 is 0. The Hall–Kier alpha value is -1.68. The largest absolute Gasteiger partial charge is 0.373 e. The third-order valence-corrected chi connectivity index (χ3v) is 4.71. The van der Waals surface area contributed by atoms with E-state index in [4.69, 9.17) is 4.74 Å². The average molecular weight is 454 g/mol. The quantitative estimate of drug-likeness (QED) is 0.419. The zero-order valence-electron chi connectivity index (χ0n) is 14.1. The van der Waals surface area contributed by atoms with Crippen molar-refractivity contribution in [2.75, 3.05) is 7.05 Å². The number of halogens is 1. The summed E-state index contributed by atoms with van der Waals surface area (Å²) in [5.74, 6) is 0.822. The Balaban J connectivity index is 0.00000182. The van der Waals surface area contributed by atoms with Gasteiger partial charge in [-0.3, -0.25) is 4.99 Å². The number of hydrogen-bond acceptors (Lipinski definition) is 4. The maximum Gasteiger partial charge on any atom is 0.191 e. The molecule has 2 N–H and O–H groups in total. The summed E-state index contributed by atoms with van der Waals surface area (Å²) in [6.45, 7) is 0.698. The molecule has 2 aliphatic rings. The molecule has 0 radical (unpaired) electrons. The molecule has 0 aliphatic carbocycles. The van der Waals surface area contributed by atoms with Gasteiger partial charge < -0.3 is 15.4 Å². The van der Waals surface area contributed by atoms with Gasteiger partial charge in [-0.15, -0.1) is 24.0 Å². The molecule has 1 aromatic heterocycles. The van der Waals surface area contributed by atoms with E-state index in [1.807, 2.05) is 12.1 Å². The molecule has 2 aromatic rings. The highest BCUT2D eigenvalue weighted by Crippen LogP contribution is 2.34. The van der Waals surface area contributed by atoms with E-state index in [-0.39, 0.29) is 24.0 Å². The van der Waals surface area contributed by atoms with Crippen molar-refractivity contribution in [3.05, 3.63) is 42.5 Å². The van der Waals surface area contributed by atoms with Crippen LogP contribution in [0.15, 0.2) is 41.9 Å². The van der Waals surface area contributed by atoms with Crippen molar-refractivity contribution >= 4 is 29.9 Å². The van der Waals surface area contributed by atoms with Gasteiger partial charge in [0.15, 0.2) is 5.96 Å². The monoisotopic (exact) mass is 454 g/mol. The van der Waals surface area contributed by atoms with Crippen LogP contribution in [0, 0.1) is 0 Å². The predicted molar refractivity (Wildman–Crippen MR) is 106 cm³/mol. The van der Waals surface area contributed by atoms with E-state index in [0.29, 0.717) is 24.8 Å². The summed E-state index contributed by atoms with van der Waals surface area (Å²) < 4.78 is 7.64. The van der Waals surface area contributed by atoms with Crippen LogP contribution in [0.3, 0.4) is 0 Å². The molecule has 4 rings (SSSR count). The number of rotatable bonds is 4. The van der Waals surface area contributed by atoms with Gasteiger partial charge in [0.05, 0.1) is 23.9 Å². The van der Waals surface area contributed by atoms with E-state index in [0.717, 1.165) is 30.1 Å². The lowest BCUT2D eigenvalue weighted by Gasteiger charge is -2.22. The topological polar surface area (TPSA) is 76.4 Å². The minimum Gasteiger partial charge on any atom is -0.373 e. The maximum absolute atomic E-state index is 5.89. The van der Waals surface area contributed by atoms with Crippen LogP contribution in [0.1, 0.15) is 24.8 Å². The maximum atomic E-state index is 5.89. The lowest BCUT2D eigenvalue weighted by molar-refractivity contribution is 0.0992. The van der Waals surface area contributed by atoms with Crippen molar-refractivity contribution in [1.29, 1.82) is 0 Å². The molecule has 0 saturated carbocycles. The van der Waals surface area contributed by atoms with Crippen molar-refractivity contribution in [3.8, 4) is 5.69 Å². The highest BCUT2D eigenvalue weighted by molar-refractivity contribution is 14.0. The number of guanidine groups is 1. The second kappa shape index (κ2) is 8.13. The van der Waals surface area contributed by atoms with E-state index >= 15 is 0 Å². The second-order valence-electron chi connectivity index (χ2n) is 6.30. The van der Waals surface area contributed by atoms with Gasteiger partial charge in [-0.05, 0) is 37.0 Å². The molecule has 25 heavy (non-hydrogen) atoms. The second-order valence-corrected chi connectivity index (χ2v) is 6.30.